The Morgan fingerprint density at radius 1 is 1.18 bits per heavy atom. The van der Waals surface area contributed by atoms with Gasteiger partial charge in [-0.15, -0.1) is 0 Å². The van der Waals surface area contributed by atoms with E-state index in [9.17, 15) is 14.0 Å². The largest absolute Gasteiger partial charge is 0.486 e. The van der Waals surface area contributed by atoms with Crippen LogP contribution in [0.5, 0.6) is 5.75 Å². The molecule has 2 aliphatic rings. The van der Waals surface area contributed by atoms with Gasteiger partial charge in [0, 0.05) is 25.9 Å². The molecule has 146 valence electrons. The molecule has 0 aliphatic carbocycles. The summed E-state index contributed by atoms with van der Waals surface area (Å²) < 4.78 is 20.5. The average molecular weight is 402 g/mol. The summed E-state index contributed by atoms with van der Waals surface area (Å²) in [5.74, 6) is -0.316. The van der Waals surface area contributed by atoms with Crippen molar-refractivity contribution in [3.8, 4) is 5.75 Å². The van der Waals surface area contributed by atoms with Crippen molar-refractivity contribution in [2.24, 2.45) is 0 Å². The molecule has 6 heteroatoms. The van der Waals surface area contributed by atoms with Crippen LogP contribution < -0.4 is 4.74 Å². The lowest BCUT2D eigenvalue weighted by Crippen LogP contribution is -2.52. The number of nitrogens with zero attached hydrogens (tertiary/aromatic N) is 1. The highest BCUT2D eigenvalue weighted by Crippen LogP contribution is 2.42. The molecule has 0 radical (unpaired) electrons. The van der Waals surface area contributed by atoms with Crippen molar-refractivity contribution >= 4 is 23.3 Å². The van der Waals surface area contributed by atoms with E-state index >= 15 is 0 Å². The first-order valence-corrected chi connectivity index (χ1v) is 9.75. The molecule has 0 N–H and O–H groups in total. The maximum Gasteiger partial charge on any atom is 0.258 e. The lowest BCUT2D eigenvalue weighted by atomic mass is 9.81. The molecule has 1 fully saturated rings. The van der Waals surface area contributed by atoms with Crippen molar-refractivity contribution in [2.45, 2.75) is 38.7 Å². The molecule has 0 unspecified atom stereocenters. The fourth-order valence-corrected chi connectivity index (χ4v) is 4.28. The van der Waals surface area contributed by atoms with E-state index in [0.717, 1.165) is 11.1 Å². The number of piperidine rings is 1. The molecule has 4 nitrogen and oxygen atoms in total. The Morgan fingerprint density at radius 3 is 2.57 bits per heavy atom. The molecule has 0 aromatic heterocycles. The quantitative estimate of drug-likeness (QED) is 0.693. The van der Waals surface area contributed by atoms with Gasteiger partial charge in [-0.2, -0.15) is 0 Å². The van der Waals surface area contributed by atoms with E-state index in [-0.39, 0.29) is 16.4 Å². The smallest absolute Gasteiger partial charge is 0.258 e. The van der Waals surface area contributed by atoms with Gasteiger partial charge in [0.2, 0.25) is 0 Å². The summed E-state index contributed by atoms with van der Waals surface area (Å²) in [6.45, 7) is 4.72. The van der Waals surface area contributed by atoms with E-state index in [0.29, 0.717) is 43.7 Å². The number of Topliss-reactive ketones (excluding diaryl/α,β-unsaturated/α-hetero) is 1. The molecule has 4 rings (SSSR count). The van der Waals surface area contributed by atoms with Crippen LogP contribution in [0.4, 0.5) is 4.39 Å². The number of ketones is 1. The minimum absolute atomic E-state index is 0.0706. The number of ether oxygens (including phenoxy) is 1. The first-order chi connectivity index (χ1) is 13.3. The van der Waals surface area contributed by atoms with Crippen molar-refractivity contribution in [3.05, 3.63) is 63.4 Å². The van der Waals surface area contributed by atoms with Gasteiger partial charge in [0.25, 0.3) is 5.91 Å². The predicted octanol–water partition coefficient (Wildman–Crippen LogP) is 4.74. The number of rotatable bonds is 1. The van der Waals surface area contributed by atoms with Gasteiger partial charge in [-0.25, -0.2) is 4.39 Å². The Labute approximate surface area is 168 Å². The van der Waals surface area contributed by atoms with E-state index in [2.05, 4.69) is 0 Å². The molecule has 0 bridgehead atoms. The van der Waals surface area contributed by atoms with Crippen LogP contribution in [-0.2, 0) is 0 Å². The Bertz CT molecular complexity index is 960. The fraction of sp³-hybridized carbons (Fsp3) is 0.364. The minimum atomic E-state index is -0.623. The third kappa shape index (κ3) is 3.08. The molecule has 1 amide bonds. The molecule has 28 heavy (non-hydrogen) atoms. The zero-order valence-corrected chi connectivity index (χ0v) is 16.6. The Kier molecular flexibility index (Phi) is 4.66. The number of amides is 1. The second kappa shape index (κ2) is 6.89. The second-order valence-electron chi connectivity index (χ2n) is 7.66. The molecular formula is C22H21ClFNO3. The van der Waals surface area contributed by atoms with Gasteiger partial charge in [0.05, 0.1) is 22.6 Å². The van der Waals surface area contributed by atoms with Crippen molar-refractivity contribution in [2.75, 3.05) is 13.1 Å². The minimum Gasteiger partial charge on any atom is -0.486 e. The Morgan fingerprint density at radius 2 is 1.89 bits per heavy atom. The predicted molar refractivity (Wildman–Crippen MR) is 105 cm³/mol. The number of likely N-dealkylation sites (tertiary alicyclic amines) is 1. The van der Waals surface area contributed by atoms with Gasteiger partial charge in [0.1, 0.15) is 17.2 Å². The summed E-state index contributed by atoms with van der Waals surface area (Å²) in [6, 6.07) is 7.98. The number of fused-ring (bicyclic) bond motifs is 1. The van der Waals surface area contributed by atoms with E-state index < -0.39 is 17.3 Å². The van der Waals surface area contributed by atoms with E-state index in [4.69, 9.17) is 16.3 Å². The van der Waals surface area contributed by atoms with Gasteiger partial charge < -0.3 is 9.64 Å². The van der Waals surface area contributed by atoms with E-state index in [1.165, 1.54) is 18.2 Å². The number of carbonyl (C=O) groups is 2. The zero-order chi connectivity index (χ0) is 20.1. The molecule has 0 saturated carbocycles. The normalized spacial score (nSPS) is 18.0. The number of carbonyl (C=O) groups excluding carboxylic acids is 2. The lowest BCUT2D eigenvalue weighted by Gasteiger charge is -2.44. The molecule has 1 saturated heterocycles. The zero-order valence-electron chi connectivity index (χ0n) is 15.9. The molecule has 2 aliphatic heterocycles. The average Bonchev–Trinajstić information content (AvgIpc) is 2.65. The summed E-state index contributed by atoms with van der Waals surface area (Å²) in [6.07, 6.45) is 1.33. The standard InChI is InChI=1S/C22H21ClFNO3/c1-13-6-7-15-18(26)12-22(28-20(15)14(13)2)8-10-25(11-9-22)21(27)19-16(23)4-3-5-17(19)24/h3-7H,8-12H2,1-2H3. The van der Waals surface area contributed by atoms with Crippen molar-refractivity contribution in [1.82, 2.24) is 4.90 Å². The number of aryl methyl sites for hydroxylation is 1. The van der Waals surface area contributed by atoms with Crippen LogP contribution in [0.15, 0.2) is 30.3 Å². The first-order valence-electron chi connectivity index (χ1n) is 9.37. The summed E-state index contributed by atoms with van der Waals surface area (Å²) in [5, 5.41) is 0.106. The van der Waals surface area contributed by atoms with Crippen molar-refractivity contribution < 1.29 is 18.7 Å². The highest BCUT2D eigenvalue weighted by Gasteiger charge is 2.44. The molecule has 1 spiro atoms. The lowest BCUT2D eigenvalue weighted by molar-refractivity contribution is -0.00628. The van der Waals surface area contributed by atoms with Gasteiger partial charge in [0.15, 0.2) is 5.78 Å². The van der Waals surface area contributed by atoms with Crippen molar-refractivity contribution in [1.29, 1.82) is 0 Å². The van der Waals surface area contributed by atoms with Crippen molar-refractivity contribution in [3.63, 3.8) is 0 Å². The van der Waals surface area contributed by atoms with Crippen LogP contribution in [0.1, 0.15) is 51.1 Å². The SMILES string of the molecule is Cc1ccc2c(c1C)OC1(CCN(C(=O)c3c(F)cccc3Cl)CC1)CC2=O. The maximum absolute atomic E-state index is 14.1. The van der Waals surface area contributed by atoms with Gasteiger partial charge in [-0.3, -0.25) is 9.59 Å². The number of hydrogen-bond acceptors (Lipinski definition) is 3. The highest BCUT2D eigenvalue weighted by molar-refractivity contribution is 6.33. The monoisotopic (exact) mass is 401 g/mol. The van der Waals surface area contributed by atoms with Crippen LogP contribution in [0.3, 0.4) is 0 Å². The highest BCUT2D eigenvalue weighted by atomic mass is 35.5. The van der Waals surface area contributed by atoms with Crippen LogP contribution in [0, 0.1) is 19.7 Å². The Balaban J connectivity index is 1.55. The summed E-state index contributed by atoms with van der Waals surface area (Å²) >= 11 is 6.04. The van der Waals surface area contributed by atoms with Crippen LogP contribution in [0.2, 0.25) is 5.02 Å². The molecule has 0 atom stereocenters. The number of hydrogen-bond donors (Lipinski definition) is 0. The molecule has 2 aromatic rings. The molecule has 2 heterocycles. The van der Waals surface area contributed by atoms with E-state index in [1.54, 1.807) is 4.90 Å². The van der Waals surface area contributed by atoms with Gasteiger partial charge >= 0.3 is 0 Å². The third-order valence-corrected chi connectivity index (χ3v) is 6.23. The number of halogens is 2. The first kappa shape index (κ1) is 18.9. The van der Waals surface area contributed by atoms with Crippen LogP contribution in [0.25, 0.3) is 0 Å². The Hall–Kier alpha value is -2.40. The fourth-order valence-electron chi connectivity index (χ4n) is 4.04. The summed E-state index contributed by atoms with van der Waals surface area (Å²) in [5.41, 5.74) is 1.97. The summed E-state index contributed by atoms with van der Waals surface area (Å²) in [7, 11) is 0. The van der Waals surface area contributed by atoms with Gasteiger partial charge in [-0.05, 0) is 43.2 Å². The van der Waals surface area contributed by atoms with Crippen LogP contribution in [-0.4, -0.2) is 35.3 Å². The molecular weight excluding hydrogens is 381 g/mol. The number of benzene rings is 2. The maximum atomic E-state index is 14.1. The van der Waals surface area contributed by atoms with Crippen LogP contribution >= 0.6 is 11.6 Å². The molecule has 2 aromatic carbocycles. The summed E-state index contributed by atoms with van der Waals surface area (Å²) in [4.78, 5) is 27.1. The van der Waals surface area contributed by atoms with E-state index in [1.807, 2.05) is 26.0 Å². The second-order valence-corrected chi connectivity index (χ2v) is 8.07. The topological polar surface area (TPSA) is 46.6 Å². The van der Waals surface area contributed by atoms with Gasteiger partial charge in [-0.1, -0.05) is 23.7 Å². The third-order valence-electron chi connectivity index (χ3n) is 5.92.